The Hall–Kier alpha value is -3.35. The second-order valence-corrected chi connectivity index (χ2v) is 8.77. The predicted octanol–water partition coefficient (Wildman–Crippen LogP) is 8.25. The van der Waals surface area contributed by atoms with Gasteiger partial charge in [-0.15, -0.1) is 0 Å². The Morgan fingerprint density at radius 1 is 0.667 bits per heavy atom. The Morgan fingerprint density at radius 3 is 1.94 bits per heavy atom. The molecule has 7 heteroatoms. The van der Waals surface area contributed by atoms with Crippen LogP contribution in [0.15, 0.2) is 66.9 Å². The van der Waals surface area contributed by atoms with E-state index in [0.717, 1.165) is 45.3 Å². The Kier molecular flexibility index (Phi) is 4.45. The summed E-state index contributed by atoms with van der Waals surface area (Å²) in [6, 6.07) is 14.5. The van der Waals surface area contributed by atoms with E-state index in [1.807, 2.05) is 38.1 Å². The first-order valence-corrected chi connectivity index (χ1v) is 10.2. The summed E-state index contributed by atoms with van der Waals surface area (Å²) in [7, 11) is 0. The Bertz CT molecular complexity index is 1380. The Balaban J connectivity index is 1.70. The first-order valence-electron chi connectivity index (χ1n) is 10.2. The highest BCUT2D eigenvalue weighted by Crippen LogP contribution is 2.51. The number of benzene rings is 3. The lowest BCUT2D eigenvalue weighted by molar-refractivity contribution is -0.143. The molecule has 1 heterocycles. The van der Waals surface area contributed by atoms with Crippen molar-refractivity contribution >= 4 is 10.9 Å². The van der Waals surface area contributed by atoms with Crippen molar-refractivity contribution in [2.24, 2.45) is 0 Å². The van der Waals surface area contributed by atoms with Gasteiger partial charge in [0.25, 0.3) is 0 Å². The van der Waals surface area contributed by atoms with Gasteiger partial charge in [0.1, 0.15) is 0 Å². The van der Waals surface area contributed by atoms with Crippen molar-refractivity contribution in [2.75, 3.05) is 0 Å². The number of pyridine rings is 1. The summed E-state index contributed by atoms with van der Waals surface area (Å²) in [5.41, 5.74) is 1.60. The predicted molar refractivity (Wildman–Crippen MR) is 115 cm³/mol. The quantitative estimate of drug-likeness (QED) is 0.262. The molecule has 0 atom stereocenters. The summed E-state index contributed by atoms with van der Waals surface area (Å²) in [4.78, 5) is 4.40. The minimum absolute atomic E-state index is 0.126. The molecule has 0 unspecified atom stereocenters. The Morgan fingerprint density at radius 2 is 1.30 bits per heavy atom. The molecule has 168 valence electrons. The summed E-state index contributed by atoms with van der Waals surface area (Å²) in [6.45, 7) is 3.98. The molecule has 0 N–H and O–H groups in total. The van der Waals surface area contributed by atoms with Gasteiger partial charge in [0.05, 0.1) is 16.6 Å². The number of alkyl halides is 6. The first kappa shape index (κ1) is 21.5. The topological polar surface area (TPSA) is 12.9 Å². The summed E-state index contributed by atoms with van der Waals surface area (Å²) >= 11 is 0. The number of aromatic nitrogens is 1. The van der Waals surface area contributed by atoms with E-state index in [9.17, 15) is 26.3 Å². The van der Waals surface area contributed by atoms with E-state index in [4.69, 9.17) is 0 Å². The smallest absolute Gasteiger partial charge is 0.256 e. The van der Waals surface area contributed by atoms with Crippen LogP contribution in [0.4, 0.5) is 26.3 Å². The molecular weight excluding hydrogens is 440 g/mol. The van der Waals surface area contributed by atoms with Gasteiger partial charge >= 0.3 is 12.4 Å². The molecular formula is C26H17F6N. The van der Waals surface area contributed by atoms with Gasteiger partial charge in [-0.1, -0.05) is 32.0 Å². The molecule has 1 nitrogen and oxygen atoms in total. The number of hydrogen-bond donors (Lipinski definition) is 0. The van der Waals surface area contributed by atoms with Crippen molar-refractivity contribution in [1.82, 2.24) is 4.98 Å². The molecule has 0 fully saturated rings. The average molecular weight is 457 g/mol. The van der Waals surface area contributed by atoms with Gasteiger partial charge in [-0.05, 0) is 75.8 Å². The number of nitrogens with zero attached hydrogens (tertiary/aromatic N) is 1. The number of halogens is 6. The van der Waals surface area contributed by atoms with Crippen LogP contribution in [0.3, 0.4) is 0 Å². The lowest BCUT2D eigenvalue weighted by Crippen LogP contribution is -2.15. The normalized spacial score (nSPS) is 14.9. The van der Waals surface area contributed by atoms with Crippen LogP contribution in [-0.4, -0.2) is 4.98 Å². The molecule has 1 aromatic heterocycles. The average Bonchev–Trinajstić information content (AvgIpc) is 2.97. The lowest BCUT2D eigenvalue weighted by Gasteiger charge is -2.22. The minimum Gasteiger partial charge on any atom is -0.256 e. The van der Waals surface area contributed by atoms with Crippen LogP contribution in [0.2, 0.25) is 0 Å². The van der Waals surface area contributed by atoms with Crippen molar-refractivity contribution in [3.63, 3.8) is 0 Å². The van der Waals surface area contributed by atoms with Gasteiger partial charge in [0, 0.05) is 17.0 Å². The lowest BCUT2D eigenvalue weighted by atomic mass is 9.81. The zero-order valence-electron chi connectivity index (χ0n) is 17.6. The maximum absolute atomic E-state index is 13.3. The molecule has 0 spiro atoms. The van der Waals surface area contributed by atoms with Gasteiger partial charge < -0.3 is 0 Å². The highest BCUT2D eigenvalue weighted by Gasteiger charge is 2.38. The molecule has 33 heavy (non-hydrogen) atoms. The first-order chi connectivity index (χ1) is 15.4. The molecule has 0 radical (unpaired) electrons. The second kappa shape index (κ2) is 6.83. The largest absolute Gasteiger partial charge is 0.416 e. The third-order valence-corrected chi connectivity index (χ3v) is 6.32. The van der Waals surface area contributed by atoms with Crippen molar-refractivity contribution in [2.45, 2.75) is 31.6 Å². The van der Waals surface area contributed by atoms with E-state index >= 15 is 0 Å². The maximum atomic E-state index is 13.3. The van der Waals surface area contributed by atoms with E-state index in [0.29, 0.717) is 5.56 Å². The maximum Gasteiger partial charge on any atom is 0.416 e. The Labute approximate surface area is 185 Å². The molecule has 4 aromatic rings. The fourth-order valence-electron chi connectivity index (χ4n) is 4.60. The SMILES string of the molecule is CC1(C)c2cc(-c3cc(C(F)(F)F)cc(C(F)(F)F)c3)ccc2-c2cc3cccnc3cc21. The van der Waals surface area contributed by atoms with Crippen LogP contribution in [-0.2, 0) is 17.8 Å². The highest BCUT2D eigenvalue weighted by atomic mass is 19.4. The van der Waals surface area contributed by atoms with E-state index < -0.39 is 28.9 Å². The summed E-state index contributed by atoms with van der Waals surface area (Å²) in [5.74, 6) is 0. The highest BCUT2D eigenvalue weighted by molar-refractivity contribution is 5.92. The van der Waals surface area contributed by atoms with Crippen LogP contribution in [0.5, 0.6) is 0 Å². The van der Waals surface area contributed by atoms with Crippen molar-refractivity contribution in [3.05, 3.63) is 89.1 Å². The van der Waals surface area contributed by atoms with Gasteiger partial charge in [-0.2, -0.15) is 26.3 Å². The molecule has 0 saturated carbocycles. The van der Waals surface area contributed by atoms with Gasteiger partial charge in [-0.25, -0.2) is 0 Å². The number of fused-ring (bicyclic) bond motifs is 4. The molecule has 1 aliphatic carbocycles. The zero-order chi connectivity index (χ0) is 23.8. The molecule has 0 bridgehead atoms. The molecule has 0 amide bonds. The molecule has 1 aliphatic rings. The van der Waals surface area contributed by atoms with Crippen molar-refractivity contribution in [1.29, 1.82) is 0 Å². The summed E-state index contributed by atoms with van der Waals surface area (Å²) in [5, 5.41) is 0.955. The van der Waals surface area contributed by atoms with E-state index in [2.05, 4.69) is 4.98 Å². The monoisotopic (exact) mass is 457 g/mol. The zero-order valence-corrected chi connectivity index (χ0v) is 17.6. The second-order valence-electron chi connectivity index (χ2n) is 8.77. The summed E-state index contributed by atoms with van der Waals surface area (Å²) in [6.07, 6.45) is -8.08. The number of rotatable bonds is 1. The van der Waals surface area contributed by atoms with Gasteiger partial charge in [0.2, 0.25) is 0 Å². The summed E-state index contributed by atoms with van der Waals surface area (Å²) < 4.78 is 80.0. The standard InChI is InChI=1S/C26H17F6N/c1-24(2)21-11-14(16-8-17(25(27,28)29)12-18(9-16)26(30,31)32)5-6-19(21)20-10-15-4-3-7-33-23(15)13-22(20)24/h3-13H,1-2H3. The van der Waals surface area contributed by atoms with Crippen molar-refractivity contribution < 1.29 is 26.3 Å². The fourth-order valence-corrected chi connectivity index (χ4v) is 4.60. The van der Waals surface area contributed by atoms with Crippen LogP contribution in [0, 0.1) is 0 Å². The third kappa shape index (κ3) is 3.46. The minimum atomic E-state index is -4.89. The third-order valence-electron chi connectivity index (χ3n) is 6.32. The molecule has 5 rings (SSSR count). The fraction of sp³-hybridized carbons (Fsp3) is 0.192. The van der Waals surface area contributed by atoms with Gasteiger partial charge in [0.15, 0.2) is 0 Å². The van der Waals surface area contributed by atoms with Crippen LogP contribution < -0.4 is 0 Å². The van der Waals surface area contributed by atoms with Crippen molar-refractivity contribution in [3.8, 4) is 22.3 Å². The van der Waals surface area contributed by atoms with E-state index in [-0.39, 0.29) is 11.6 Å². The van der Waals surface area contributed by atoms with Crippen LogP contribution in [0.1, 0.15) is 36.1 Å². The number of hydrogen-bond acceptors (Lipinski definition) is 1. The van der Waals surface area contributed by atoms with E-state index in [1.165, 1.54) is 0 Å². The van der Waals surface area contributed by atoms with Crippen LogP contribution >= 0.6 is 0 Å². The van der Waals surface area contributed by atoms with E-state index in [1.54, 1.807) is 24.4 Å². The van der Waals surface area contributed by atoms with Crippen LogP contribution in [0.25, 0.3) is 33.2 Å². The van der Waals surface area contributed by atoms with Gasteiger partial charge in [-0.3, -0.25) is 4.98 Å². The molecule has 0 aliphatic heterocycles. The molecule has 3 aromatic carbocycles. The molecule has 0 saturated heterocycles.